The van der Waals surface area contributed by atoms with Crippen LogP contribution < -0.4 is 0 Å². The van der Waals surface area contributed by atoms with Gasteiger partial charge >= 0.3 is 0 Å². The second kappa shape index (κ2) is 12.0. The average Bonchev–Trinajstić information content (AvgIpc) is 3.77. The SMILES string of the molecule is CC(=O)c1ccc2c(c1)C(=O)N(Cc1ccc(Cl)cc1S(=O)N1CCOCC1)C2(OCC1(CO)CC1)c1ccc(Cl)cc1. The topological polar surface area (TPSA) is 96.4 Å². The zero-order valence-corrected chi connectivity index (χ0v) is 26.0. The molecule has 43 heavy (non-hydrogen) atoms. The normalized spacial score (nSPS) is 22.0. The molecule has 0 radical (unpaired) electrons. The maximum Gasteiger partial charge on any atom is 0.257 e. The van der Waals surface area contributed by atoms with Crippen LogP contribution in [0.2, 0.25) is 10.0 Å². The summed E-state index contributed by atoms with van der Waals surface area (Å²) in [5, 5.41) is 11.1. The summed E-state index contributed by atoms with van der Waals surface area (Å²) in [6, 6.07) is 17.4. The van der Waals surface area contributed by atoms with E-state index >= 15 is 0 Å². The summed E-state index contributed by atoms with van der Waals surface area (Å²) in [7, 11) is -1.55. The number of benzene rings is 3. The number of Topliss-reactive ketones (excluding diaryl/α,β-unsaturated/α-hetero) is 1. The van der Waals surface area contributed by atoms with Gasteiger partial charge in [0.2, 0.25) is 0 Å². The molecule has 1 N–H and O–H groups in total. The lowest BCUT2D eigenvalue weighted by molar-refractivity contribution is -0.129. The van der Waals surface area contributed by atoms with Gasteiger partial charge in [-0.3, -0.25) is 14.5 Å². The second-order valence-corrected chi connectivity index (χ2v) is 13.7. The van der Waals surface area contributed by atoms with Gasteiger partial charge in [0, 0.05) is 50.8 Å². The highest BCUT2D eigenvalue weighted by molar-refractivity contribution is 7.82. The van der Waals surface area contributed by atoms with Crippen molar-refractivity contribution < 1.29 is 28.4 Å². The summed E-state index contributed by atoms with van der Waals surface area (Å²) in [5.74, 6) is -0.495. The predicted molar refractivity (Wildman–Crippen MR) is 164 cm³/mol. The quantitative estimate of drug-likeness (QED) is 0.306. The van der Waals surface area contributed by atoms with Crippen LogP contribution in [0.3, 0.4) is 0 Å². The number of amides is 1. The number of aliphatic hydroxyl groups excluding tert-OH is 1. The molecule has 11 heteroatoms. The van der Waals surface area contributed by atoms with E-state index in [4.69, 9.17) is 32.7 Å². The minimum atomic E-state index is -1.55. The van der Waals surface area contributed by atoms with Crippen molar-refractivity contribution in [3.8, 4) is 0 Å². The fourth-order valence-electron chi connectivity index (χ4n) is 5.70. The molecule has 1 saturated carbocycles. The van der Waals surface area contributed by atoms with E-state index in [0.717, 1.165) is 12.8 Å². The molecule has 2 unspecified atom stereocenters. The maximum absolute atomic E-state index is 14.4. The Balaban J connectivity index is 1.50. The van der Waals surface area contributed by atoms with Crippen molar-refractivity contribution in [2.45, 2.75) is 36.9 Å². The molecule has 3 aromatic carbocycles. The van der Waals surface area contributed by atoms with Crippen LogP contribution in [0.25, 0.3) is 0 Å². The van der Waals surface area contributed by atoms with E-state index in [0.29, 0.717) is 69.1 Å². The summed E-state index contributed by atoms with van der Waals surface area (Å²) >= 11 is 12.7. The molecule has 1 saturated heterocycles. The second-order valence-electron chi connectivity index (χ2n) is 11.3. The van der Waals surface area contributed by atoms with Crippen LogP contribution >= 0.6 is 23.2 Å². The Morgan fingerprint density at radius 2 is 1.72 bits per heavy atom. The number of aliphatic hydroxyl groups is 1. The Hall–Kier alpha value is -2.63. The zero-order chi connectivity index (χ0) is 30.4. The van der Waals surface area contributed by atoms with Gasteiger partial charge in [0.05, 0.1) is 37.9 Å². The van der Waals surface area contributed by atoms with Crippen LogP contribution in [-0.4, -0.2) is 69.7 Å². The van der Waals surface area contributed by atoms with E-state index in [1.807, 2.05) is 16.4 Å². The van der Waals surface area contributed by atoms with E-state index in [1.54, 1.807) is 53.4 Å². The highest BCUT2D eigenvalue weighted by Gasteiger charge is 2.55. The standard InChI is InChI=1S/C32H32Cl2N2O6S/c1-21(38)22-3-9-28-27(16-22)30(39)36(18-23-2-6-26(34)17-29(23)43(40)35-12-14-41-15-13-35)32(28,24-4-7-25(33)8-5-24)42-20-31(19-37)10-11-31/h2-9,16-17,37H,10-15,18-20H2,1H3. The fourth-order valence-corrected chi connectivity index (χ4v) is 7.41. The smallest absolute Gasteiger partial charge is 0.257 e. The molecule has 226 valence electrons. The van der Waals surface area contributed by atoms with E-state index in [9.17, 15) is 18.9 Å². The molecule has 2 aliphatic heterocycles. The van der Waals surface area contributed by atoms with Crippen molar-refractivity contribution in [3.05, 3.63) is 98.5 Å². The molecule has 0 spiro atoms. The highest BCUT2D eigenvalue weighted by atomic mass is 35.5. The minimum absolute atomic E-state index is 0.0341. The van der Waals surface area contributed by atoms with Gasteiger partial charge in [0.1, 0.15) is 11.0 Å². The van der Waals surface area contributed by atoms with E-state index in [2.05, 4.69) is 0 Å². The summed E-state index contributed by atoms with van der Waals surface area (Å²) in [6.07, 6.45) is 1.62. The summed E-state index contributed by atoms with van der Waals surface area (Å²) in [5.41, 5.74) is 0.859. The third-order valence-corrected chi connectivity index (χ3v) is 10.6. The first-order valence-corrected chi connectivity index (χ1v) is 16.0. The number of rotatable bonds is 10. The number of fused-ring (bicyclic) bond motifs is 1. The largest absolute Gasteiger partial charge is 0.396 e. The molecule has 2 heterocycles. The molecule has 1 aliphatic carbocycles. The number of morpholine rings is 1. The number of ketones is 1. The lowest BCUT2D eigenvalue weighted by atomic mass is 9.91. The molecule has 3 aliphatic rings. The van der Waals surface area contributed by atoms with Crippen LogP contribution in [0.15, 0.2) is 65.6 Å². The van der Waals surface area contributed by atoms with Gasteiger partial charge in [0.15, 0.2) is 11.5 Å². The van der Waals surface area contributed by atoms with Gasteiger partial charge in [-0.2, -0.15) is 0 Å². The average molecular weight is 644 g/mol. The van der Waals surface area contributed by atoms with E-state index in [-0.39, 0.29) is 36.9 Å². The van der Waals surface area contributed by atoms with Crippen LogP contribution in [0, 0.1) is 5.41 Å². The van der Waals surface area contributed by atoms with Crippen molar-refractivity contribution in [2.75, 3.05) is 39.5 Å². The Morgan fingerprint density at radius 1 is 1.02 bits per heavy atom. The monoisotopic (exact) mass is 642 g/mol. The van der Waals surface area contributed by atoms with Gasteiger partial charge in [-0.25, -0.2) is 8.51 Å². The van der Waals surface area contributed by atoms with Crippen LogP contribution in [0.1, 0.15) is 57.2 Å². The first-order valence-electron chi connectivity index (χ1n) is 14.2. The Kier molecular flexibility index (Phi) is 8.52. The predicted octanol–water partition coefficient (Wildman–Crippen LogP) is 5.20. The highest BCUT2D eigenvalue weighted by Crippen LogP contribution is 2.51. The zero-order valence-electron chi connectivity index (χ0n) is 23.7. The van der Waals surface area contributed by atoms with Crippen LogP contribution in [-0.2, 0) is 32.7 Å². The fraction of sp³-hybridized carbons (Fsp3) is 0.375. The Morgan fingerprint density at radius 3 is 2.37 bits per heavy atom. The van der Waals surface area contributed by atoms with Gasteiger partial charge < -0.3 is 14.6 Å². The first kappa shape index (κ1) is 30.4. The Labute approximate surface area is 263 Å². The van der Waals surface area contributed by atoms with Crippen LogP contribution in [0.4, 0.5) is 0 Å². The minimum Gasteiger partial charge on any atom is -0.396 e. The van der Waals surface area contributed by atoms with Gasteiger partial charge in [-0.05, 0) is 55.7 Å². The third kappa shape index (κ3) is 5.68. The maximum atomic E-state index is 14.4. The molecule has 3 aromatic rings. The van der Waals surface area contributed by atoms with Gasteiger partial charge in [0.25, 0.3) is 5.91 Å². The van der Waals surface area contributed by atoms with E-state index < -0.39 is 16.7 Å². The molecule has 8 nitrogen and oxygen atoms in total. The lowest BCUT2D eigenvalue weighted by Gasteiger charge is -2.41. The molecule has 2 atom stereocenters. The van der Waals surface area contributed by atoms with Gasteiger partial charge in [-0.1, -0.05) is 53.5 Å². The number of halogens is 2. The summed E-state index contributed by atoms with van der Waals surface area (Å²) in [6.45, 7) is 3.62. The van der Waals surface area contributed by atoms with Crippen molar-refractivity contribution in [1.82, 2.24) is 9.21 Å². The van der Waals surface area contributed by atoms with Gasteiger partial charge in [-0.15, -0.1) is 0 Å². The molecule has 1 amide bonds. The molecule has 0 bridgehead atoms. The number of carbonyl (C=O) groups is 2. The summed E-state index contributed by atoms with van der Waals surface area (Å²) < 4.78 is 28.0. The van der Waals surface area contributed by atoms with Crippen molar-refractivity contribution in [1.29, 1.82) is 0 Å². The van der Waals surface area contributed by atoms with Crippen molar-refractivity contribution in [2.24, 2.45) is 5.41 Å². The number of nitrogens with zero attached hydrogens (tertiary/aromatic N) is 2. The molecule has 0 aromatic heterocycles. The van der Waals surface area contributed by atoms with Crippen LogP contribution in [0.5, 0.6) is 0 Å². The Bertz CT molecular complexity index is 1590. The number of ether oxygens (including phenoxy) is 2. The molecule has 2 fully saturated rings. The number of hydrogen-bond donors (Lipinski definition) is 1. The first-order chi connectivity index (χ1) is 20.7. The lowest BCUT2D eigenvalue weighted by Crippen LogP contribution is -2.47. The number of hydrogen-bond acceptors (Lipinski definition) is 6. The van der Waals surface area contributed by atoms with Crippen molar-refractivity contribution >= 4 is 45.9 Å². The van der Waals surface area contributed by atoms with Crippen molar-refractivity contribution in [3.63, 3.8) is 0 Å². The third-order valence-electron chi connectivity index (χ3n) is 8.51. The molecular formula is C32H32Cl2N2O6S. The van der Waals surface area contributed by atoms with E-state index in [1.165, 1.54) is 6.92 Å². The number of carbonyl (C=O) groups excluding carboxylic acids is 2. The summed E-state index contributed by atoms with van der Waals surface area (Å²) in [4.78, 5) is 28.9. The molecule has 6 rings (SSSR count). The molecular weight excluding hydrogens is 611 g/mol.